The third kappa shape index (κ3) is 3.58. The fourth-order valence-electron chi connectivity index (χ4n) is 3.80. The van der Waals surface area contributed by atoms with E-state index in [-0.39, 0.29) is 37.7 Å². The van der Waals surface area contributed by atoms with Gasteiger partial charge in [0.1, 0.15) is 10.2 Å². The Bertz CT molecular complexity index is 1770. The molecule has 0 radical (unpaired) electrons. The molecule has 0 aliphatic rings. The number of alkyl halides is 3. The molecule has 0 fully saturated rings. The van der Waals surface area contributed by atoms with Gasteiger partial charge in [-0.25, -0.2) is 18.7 Å². The molecule has 0 unspecified atom stereocenters. The van der Waals surface area contributed by atoms with Crippen LogP contribution in [0.4, 0.5) is 17.6 Å². The van der Waals surface area contributed by atoms with Gasteiger partial charge in [-0.05, 0) is 18.2 Å². The summed E-state index contributed by atoms with van der Waals surface area (Å²) in [4.78, 5) is 36.7. The van der Waals surface area contributed by atoms with Crippen molar-refractivity contribution in [1.82, 2.24) is 24.1 Å². The van der Waals surface area contributed by atoms with Gasteiger partial charge >= 0.3 is 11.9 Å². The summed E-state index contributed by atoms with van der Waals surface area (Å²) in [6.07, 6.45) is -2.54. The van der Waals surface area contributed by atoms with Crippen LogP contribution in [0.2, 0.25) is 5.02 Å². The number of aryl methyl sites for hydroxylation is 1. The topological polar surface area (TPSA) is 94.8 Å². The van der Waals surface area contributed by atoms with E-state index in [2.05, 4.69) is 15.0 Å². The zero-order chi connectivity index (χ0) is 25.2. The number of thiophene rings is 1. The van der Waals surface area contributed by atoms with Gasteiger partial charge in [0, 0.05) is 17.5 Å². The molecule has 1 N–H and O–H groups in total. The SMILES string of the molecule is COc1cc(-c2cc3[nH]c(=O)n(-c4cncc5nc(C(F)(F)F)n(C)c45)c(=O)c3s2)c(Cl)cc1F. The number of halogens is 5. The van der Waals surface area contributed by atoms with Crippen LogP contribution in [0.3, 0.4) is 0 Å². The van der Waals surface area contributed by atoms with Crippen LogP contribution < -0.4 is 16.0 Å². The highest BCUT2D eigenvalue weighted by Crippen LogP contribution is 2.38. The molecule has 0 saturated heterocycles. The number of pyridine rings is 1. The lowest BCUT2D eigenvalue weighted by Gasteiger charge is -2.09. The summed E-state index contributed by atoms with van der Waals surface area (Å²) in [5.41, 5.74) is -1.53. The number of imidazole rings is 1. The van der Waals surface area contributed by atoms with Gasteiger partial charge in [-0.3, -0.25) is 9.78 Å². The highest BCUT2D eigenvalue weighted by atomic mass is 35.5. The molecule has 4 heterocycles. The summed E-state index contributed by atoms with van der Waals surface area (Å²) in [6, 6.07) is 3.92. The minimum absolute atomic E-state index is 0.0565. The van der Waals surface area contributed by atoms with Crippen LogP contribution in [0.5, 0.6) is 5.75 Å². The molecule has 0 aliphatic carbocycles. The van der Waals surface area contributed by atoms with Gasteiger partial charge < -0.3 is 14.3 Å². The lowest BCUT2D eigenvalue weighted by Crippen LogP contribution is -2.33. The normalized spacial score (nSPS) is 12.1. The van der Waals surface area contributed by atoms with Crippen molar-refractivity contribution in [2.75, 3.05) is 7.11 Å². The molecular weight excluding hydrogens is 514 g/mol. The van der Waals surface area contributed by atoms with Crippen LogP contribution in [0.15, 0.2) is 40.2 Å². The number of nitrogens with one attached hydrogen (secondary N) is 1. The van der Waals surface area contributed by atoms with E-state index in [0.29, 0.717) is 15.0 Å². The second kappa shape index (κ2) is 7.92. The van der Waals surface area contributed by atoms with Crippen LogP contribution in [-0.2, 0) is 13.2 Å². The standard InChI is InChI=1S/C21H12ClF4N5O3S/c1-30-16-12(28-19(30)21(24,25)26)6-27-7-13(16)31-18(32)17-11(29-20(31)33)5-15(35-17)8-3-14(34-2)10(23)4-9(8)22/h3-7H,1-2H3,(H,29,33). The molecule has 14 heteroatoms. The van der Waals surface area contributed by atoms with Gasteiger partial charge in [-0.15, -0.1) is 11.3 Å². The molecule has 1 aromatic carbocycles. The summed E-state index contributed by atoms with van der Waals surface area (Å²) in [5, 5.41) is 0.0565. The number of nitrogens with zero attached hydrogens (tertiary/aromatic N) is 4. The fraction of sp³-hybridized carbons (Fsp3) is 0.143. The molecule has 35 heavy (non-hydrogen) atoms. The highest BCUT2D eigenvalue weighted by molar-refractivity contribution is 7.22. The van der Waals surface area contributed by atoms with Crippen LogP contribution in [-0.4, -0.2) is 31.2 Å². The first-order chi connectivity index (χ1) is 16.5. The van der Waals surface area contributed by atoms with E-state index in [0.717, 1.165) is 41.4 Å². The molecule has 0 bridgehead atoms. The number of ether oxygens (including phenoxy) is 1. The second-order valence-corrected chi connectivity index (χ2v) is 8.87. The van der Waals surface area contributed by atoms with Gasteiger partial charge in [0.25, 0.3) is 5.56 Å². The van der Waals surface area contributed by atoms with Crippen LogP contribution in [0, 0.1) is 5.82 Å². The summed E-state index contributed by atoms with van der Waals surface area (Å²) >= 11 is 7.15. The first kappa shape index (κ1) is 23.1. The maximum atomic E-state index is 14.0. The number of methoxy groups -OCH3 is 1. The van der Waals surface area contributed by atoms with Crippen molar-refractivity contribution in [2.24, 2.45) is 7.05 Å². The fourth-order valence-corrected chi connectivity index (χ4v) is 5.19. The summed E-state index contributed by atoms with van der Waals surface area (Å²) < 4.78 is 60.6. The van der Waals surface area contributed by atoms with Gasteiger partial charge in [-0.1, -0.05) is 11.6 Å². The molecule has 0 saturated carbocycles. The number of aromatic amines is 1. The van der Waals surface area contributed by atoms with Crippen molar-refractivity contribution in [1.29, 1.82) is 0 Å². The van der Waals surface area contributed by atoms with E-state index in [1.165, 1.54) is 19.2 Å². The first-order valence-electron chi connectivity index (χ1n) is 9.71. The van der Waals surface area contributed by atoms with Crippen molar-refractivity contribution < 1.29 is 22.3 Å². The lowest BCUT2D eigenvalue weighted by atomic mass is 10.1. The molecule has 8 nitrogen and oxygen atoms in total. The van der Waals surface area contributed by atoms with Crippen molar-refractivity contribution in [2.45, 2.75) is 6.18 Å². The zero-order valence-electron chi connectivity index (χ0n) is 17.7. The van der Waals surface area contributed by atoms with Crippen LogP contribution in [0.25, 0.3) is 37.4 Å². The Balaban J connectivity index is 1.77. The van der Waals surface area contributed by atoms with Crippen molar-refractivity contribution in [3.05, 3.63) is 68.1 Å². The predicted molar refractivity (Wildman–Crippen MR) is 122 cm³/mol. The van der Waals surface area contributed by atoms with Crippen molar-refractivity contribution >= 4 is 44.2 Å². The Morgan fingerprint density at radius 3 is 2.60 bits per heavy atom. The number of aromatic nitrogens is 5. The van der Waals surface area contributed by atoms with E-state index < -0.39 is 29.1 Å². The lowest BCUT2D eigenvalue weighted by molar-refractivity contribution is -0.146. The minimum Gasteiger partial charge on any atom is -0.494 e. The number of rotatable bonds is 3. The van der Waals surface area contributed by atoms with Gasteiger partial charge in [0.15, 0.2) is 11.6 Å². The maximum Gasteiger partial charge on any atom is 0.449 e. The quantitative estimate of drug-likeness (QED) is 0.350. The molecule has 0 amide bonds. The maximum absolute atomic E-state index is 14.0. The minimum atomic E-state index is -4.76. The third-order valence-electron chi connectivity index (χ3n) is 5.33. The zero-order valence-corrected chi connectivity index (χ0v) is 19.3. The average molecular weight is 526 g/mol. The van der Waals surface area contributed by atoms with Gasteiger partial charge in [0.05, 0.1) is 41.2 Å². The Morgan fingerprint density at radius 2 is 1.91 bits per heavy atom. The molecule has 0 atom stereocenters. The van der Waals surface area contributed by atoms with E-state index in [1.54, 1.807) is 0 Å². The van der Waals surface area contributed by atoms with Crippen LogP contribution >= 0.6 is 22.9 Å². The number of benzene rings is 1. The predicted octanol–water partition coefficient (Wildman–Crippen LogP) is 4.51. The van der Waals surface area contributed by atoms with Crippen molar-refractivity contribution in [3.8, 4) is 21.9 Å². The molecule has 0 aliphatic heterocycles. The summed E-state index contributed by atoms with van der Waals surface area (Å²) in [5.74, 6) is -1.94. The van der Waals surface area contributed by atoms with E-state index >= 15 is 0 Å². The molecule has 0 spiro atoms. The first-order valence-corrected chi connectivity index (χ1v) is 10.9. The highest BCUT2D eigenvalue weighted by Gasteiger charge is 2.37. The molecule has 4 aromatic heterocycles. The number of H-pyrrole nitrogens is 1. The molecule has 5 rings (SSSR count). The third-order valence-corrected chi connectivity index (χ3v) is 6.80. The monoisotopic (exact) mass is 525 g/mol. The Hall–Kier alpha value is -3.71. The van der Waals surface area contributed by atoms with E-state index in [1.807, 2.05) is 0 Å². The summed E-state index contributed by atoms with van der Waals surface area (Å²) in [6.45, 7) is 0. The molecule has 5 aromatic rings. The largest absolute Gasteiger partial charge is 0.494 e. The molecule has 180 valence electrons. The smallest absolute Gasteiger partial charge is 0.449 e. The van der Waals surface area contributed by atoms with Crippen LogP contribution in [0.1, 0.15) is 5.82 Å². The number of hydrogen-bond acceptors (Lipinski definition) is 6. The second-order valence-electron chi connectivity index (χ2n) is 7.41. The van der Waals surface area contributed by atoms with E-state index in [9.17, 15) is 27.2 Å². The van der Waals surface area contributed by atoms with Gasteiger partial charge in [0.2, 0.25) is 5.82 Å². The summed E-state index contributed by atoms with van der Waals surface area (Å²) in [7, 11) is 2.42. The average Bonchev–Trinajstić information content (AvgIpc) is 3.35. The van der Waals surface area contributed by atoms with Gasteiger partial charge in [-0.2, -0.15) is 13.2 Å². The Labute approximate surface area is 201 Å². The Morgan fingerprint density at radius 1 is 1.17 bits per heavy atom. The molecular formula is C21H12ClF4N5O3S. The van der Waals surface area contributed by atoms with E-state index in [4.69, 9.17) is 16.3 Å². The number of hydrogen-bond donors (Lipinski definition) is 1. The van der Waals surface area contributed by atoms with Crippen molar-refractivity contribution in [3.63, 3.8) is 0 Å². The Kier molecular flexibility index (Phi) is 5.21. The number of fused-ring (bicyclic) bond motifs is 2.